The molecule has 0 bridgehead atoms. The highest BCUT2D eigenvalue weighted by Gasteiger charge is 2.27. The van der Waals surface area contributed by atoms with Gasteiger partial charge in [0.1, 0.15) is 0 Å². The number of nitrogens with one attached hydrogen (secondary N) is 1. The molecule has 0 radical (unpaired) electrons. The molecule has 1 atom stereocenters. The van der Waals surface area contributed by atoms with Crippen molar-refractivity contribution in [2.24, 2.45) is 0 Å². The van der Waals surface area contributed by atoms with Crippen molar-refractivity contribution in [1.82, 2.24) is 5.32 Å². The largest absolute Gasteiger partial charge is 0.394 e. The van der Waals surface area contributed by atoms with Crippen molar-refractivity contribution in [1.29, 1.82) is 0 Å². The summed E-state index contributed by atoms with van der Waals surface area (Å²) < 4.78 is 0. The number of hydrogen-bond donors (Lipinski definition) is 2. The number of hydrogen-bond acceptors (Lipinski definition) is 3. The lowest BCUT2D eigenvalue weighted by Gasteiger charge is -2.36. The monoisotopic (exact) mass is 276 g/mol. The fraction of sp³-hybridized carbons (Fsp3) is 0.647. The summed E-state index contributed by atoms with van der Waals surface area (Å²) in [5, 5.41) is 13.3. The molecule has 1 unspecified atom stereocenters. The smallest absolute Gasteiger partial charge is 0.0627 e. The standard InChI is InChI=1S/C17H28N2O/c1-3-11-18-17(2,14-20)13-19-12-7-6-9-15-8-4-5-10-16(15)19/h4-5,8,10,18,20H,3,6-7,9,11-14H2,1-2H3. The van der Waals surface area contributed by atoms with Crippen molar-refractivity contribution in [3.8, 4) is 0 Å². The van der Waals surface area contributed by atoms with Crippen molar-refractivity contribution in [3.05, 3.63) is 29.8 Å². The van der Waals surface area contributed by atoms with E-state index in [2.05, 4.69) is 48.3 Å². The molecule has 0 saturated carbocycles. The Morgan fingerprint density at radius 1 is 1.30 bits per heavy atom. The zero-order valence-electron chi connectivity index (χ0n) is 12.9. The normalized spacial score (nSPS) is 18.2. The Bertz CT molecular complexity index is 421. The van der Waals surface area contributed by atoms with Gasteiger partial charge in [-0.2, -0.15) is 0 Å². The van der Waals surface area contributed by atoms with Crippen molar-refractivity contribution in [2.45, 2.75) is 45.1 Å². The fourth-order valence-corrected chi connectivity index (χ4v) is 2.94. The van der Waals surface area contributed by atoms with Crippen LogP contribution in [-0.2, 0) is 6.42 Å². The van der Waals surface area contributed by atoms with Crippen LogP contribution < -0.4 is 10.2 Å². The minimum absolute atomic E-state index is 0.172. The number of para-hydroxylation sites is 1. The number of anilines is 1. The maximum atomic E-state index is 9.77. The summed E-state index contributed by atoms with van der Waals surface area (Å²) in [5.74, 6) is 0. The van der Waals surface area contributed by atoms with Gasteiger partial charge >= 0.3 is 0 Å². The Kier molecular flexibility index (Phi) is 5.44. The molecule has 0 aliphatic carbocycles. The van der Waals surface area contributed by atoms with E-state index >= 15 is 0 Å². The number of rotatable bonds is 6. The van der Waals surface area contributed by atoms with Crippen molar-refractivity contribution < 1.29 is 5.11 Å². The minimum atomic E-state index is -0.229. The molecule has 20 heavy (non-hydrogen) atoms. The molecular weight excluding hydrogens is 248 g/mol. The summed E-state index contributed by atoms with van der Waals surface area (Å²) in [4.78, 5) is 2.45. The highest BCUT2D eigenvalue weighted by atomic mass is 16.3. The Hall–Kier alpha value is -1.06. The molecule has 3 heteroatoms. The van der Waals surface area contributed by atoms with E-state index in [-0.39, 0.29) is 12.1 Å². The van der Waals surface area contributed by atoms with Gasteiger partial charge in [0, 0.05) is 18.8 Å². The molecule has 0 spiro atoms. The van der Waals surface area contributed by atoms with Crippen LogP contribution in [0.3, 0.4) is 0 Å². The number of benzene rings is 1. The molecule has 0 amide bonds. The predicted molar refractivity (Wildman–Crippen MR) is 85.4 cm³/mol. The van der Waals surface area contributed by atoms with Gasteiger partial charge in [-0.25, -0.2) is 0 Å². The van der Waals surface area contributed by atoms with E-state index < -0.39 is 0 Å². The van der Waals surface area contributed by atoms with E-state index in [4.69, 9.17) is 0 Å². The first-order valence-corrected chi connectivity index (χ1v) is 7.87. The Morgan fingerprint density at radius 2 is 2.10 bits per heavy atom. The van der Waals surface area contributed by atoms with Crippen LogP contribution in [0.25, 0.3) is 0 Å². The number of nitrogens with zero attached hydrogens (tertiary/aromatic N) is 1. The van der Waals surface area contributed by atoms with Crippen LogP contribution in [0.1, 0.15) is 38.7 Å². The van der Waals surface area contributed by atoms with Crippen LogP contribution in [0.4, 0.5) is 5.69 Å². The van der Waals surface area contributed by atoms with Gasteiger partial charge in [0.05, 0.1) is 12.1 Å². The highest BCUT2D eigenvalue weighted by Crippen LogP contribution is 2.27. The van der Waals surface area contributed by atoms with Gasteiger partial charge in [-0.3, -0.25) is 0 Å². The molecule has 3 nitrogen and oxygen atoms in total. The van der Waals surface area contributed by atoms with Crippen molar-refractivity contribution in [2.75, 3.05) is 31.1 Å². The lowest BCUT2D eigenvalue weighted by atomic mass is 10.0. The summed E-state index contributed by atoms with van der Waals surface area (Å²) in [5.41, 5.74) is 2.57. The van der Waals surface area contributed by atoms with Crippen LogP contribution in [0.5, 0.6) is 0 Å². The molecule has 1 aliphatic rings. The summed E-state index contributed by atoms with van der Waals surface area (Å²) >= 11 is 0. The summed E-state index contributed by atoms with van der Waals surface area (Å²) in [7, 11) is 0. The third-order valence-corrected chi connectivity index (χ3v) is 4.15. The summed E-state index contributed by atoms with van der Waals surface area (Å²) in [6, 6.07) is 8.71. The second kappa shape index (κ2) is 7.09. The Morgan fingerprint density at radius 3 is 2.85 bits per heavy atom. The van der Waals surface area contributed by atoms with Gasteiger partial charge in [-0.1, -0.05) is 25.1 Å². The van der Waals surface area contributed by atoms with Gasteiger partial charge in [0.25, 0.3) is 0 Å². The maximum absolute atomic E-state index is 9.77. The molecule has 0 aromatic heterocycles. The van der Waals surface area contributed by atoms with E-state index in [9.17, 15) is 5.11 Å². The van der Waals surface area contributed by atoms with Gasteiger partial charge < -0.3 is 15.3 Å². The molecule has 112 valence electrons. The fourth-order valence-electron chi connectivity index (χ4n) is 2.94. The second-order valence-electron chi connectivity index (χ2n) is 6.15. The van der Waals surface area contributed by atoms with Crippen molar-refractivity contribution >= 4 is 5.69 Å². The first kappa shape index (κ1) is 15.3. The first-order chi connectivity index (χ1) is 9.68. The molecule has 2 N–H and O–H groups in total. The molecule has 1 aromatic rings. The molecule has 0 fully saturated rings. The Labute approximate surface area is 123 Å². The molecule has 0 saturated heterocycles. The average molecular weight is 276 g/mol. The van der Waals surface area contributed by atoms with E-state index in [1.807, 2.05) is 0 Å². The van der Waals surface area contributed by atoms with Crippen molar-refractivity contribution in [3.63, 3.8) is 0 Å². The lowest BCUT2D eigenvalue weighted by molar-refractivity contribution is 0.178. The predicted octanol–water partition coefficient (Wildman–Crippen LogP) is 2.58. The van der Waals surface area contributed by atoms with Gasteiger partial charge in [-0.15, -0.1) is 0 Å². The van der Waals surface area contributed by atoms with Crippen LogP contribution >= 0.6 is 0 Å². The van der Waals surface area contributed by atoms with Crippen LogP contribution in [0, 0.1) is 0 Å². The summed E-state index contributed by atoms with van der Waals surface area (Å²) in [6.07, 6.45) is 4.74. The SMILES string of the molecule is CCCNC(C)(CO)CN1CCCCc2ccccc21. The number of fused-ring (bicyclic) bond motifs is 1. The zero-order valence-corrected chi connectivity index (χ0v) is 12.9. The van der Waals surface area contributed by atoms with E-state index in [0.29, 0.717) is 0 Å². The molecule has 2 rings (SSSR count). The number of aryl methyl sites for hydroxylation is 1. The molecular formula is C17H28N2O. The third kappa shape index (κ3) is 3.74. The van der Waals surface area contributed by atoms with Gasteiger partial charge in [-0.05, 0) is 50.8 Å². The second-order valence-corrected chi connectivity index (χ2v) is 6.15. The molecule has 1 aliphatic heterocycles. The van der Waals surface area contributed by atoms with Gasteiger partial charge in [0.15, 0.2) is 0 Å². The maximum Gasteiger partial charge on any atom is 0.0627 e. The van der Waals surface area contributed by atoms with Crippen LogP contribution in [-0.4, -0.2) is 36.9 Å². The number of aliphatic hydroxyl groups is 1. The Balaban J connectivity index is 2.15. The number of aliphatic hydroxyl groups excluding tert-OH is 1. The zero-order chi connectivity index (χ0) is 14.4. The van der Waals surface area contributed by atoms with E-state index in [0.717, 1.165) is 26.1 Å². The highest BCUT2D eigenvalue weighted by molar-refractivity contribution is 5.54. The summed E-state index contributed by atoms with van der Waals surface area (Å²) in [6.45, 7) is 7.35. The molecule has 1 heterocycles. The average Bonchev–Trinajstić information content (AvgIpc) is 2.68. The minimum Gasteiger partial charge on any atom is -0.394 e. The third-order valence-electron chi connectivity index (χ3n) is 4.15. The topological polar surface area (TPSA) is 35.5 Å². The van der Waals surface area contributed by atoms with E-state index in [1.54, 1.807) is 0 Å². The van der Waals surface area contributed by atoms with Crippen LogP contribution in [0.2, 0.25) is 0 Å². The van der Waals surface area contributed by atoms with Gasteiger partial charge in [0.2, 0.25) is 0 Å². The van der Waals surface area contributed by atoms with Crippen LogP contribution in [0.15, 0.2) is 24.3 Å². The lowest BCUT2D eigenvalue weighted by Crippen LogP contribution is -2.54. The first-order valence-electron chi connectivity index (χ1n) is 7.87. The van der Waals surface area contributed by atoms with E-state index in [1.165, 1.54) is 30.5 Å². The quantitative estimate of drug-likeness (QED) is 0.838. The molecule has 1 aromatic carbocycles.